The second-order valence-corrected chi connectivity index (χ2v) is 19.9. The Balaban J connectivity index is 1.29. The molecule has 3 aliphatic heterocycles. The number of aromatic nitrogens is 1. The van der Waals surface area contributed by atoms with E-state index in [1.165, 1.54) is 23.8 Å². The zero-order valence-electron chi connectivity index (χ0n) is 31.6. The maximum atomic E-state index is 15.2. The van der Waals surface area contributed by atoms with Gasteiger partial charge in [0.05, 0.1) is 64.6 Å². The van der Waals surface area contributed by atoms with E-state index in [-0.39, 0.29) is 60.0 Å². The van der Waals surface area contributed by atoms with Crippen LogP contribution in [0.4, 0.5) is 11.4 Å². The maximum Gasteiger partial charge on any atom is 0.297 e. The van der Waals surface area contributed by atoms with Crippen LogP contribution in [0.2, 0.25) is 18.6 Å². The zero-order chi connectivity index (χ0) is 39.2. The standard InChI is InChI=1S/C41H46N4O9Si/c1-26-38(55(4,5)32-17-15-31(52-2)16-18-32)36(23-37(47)42-20-6-8-30(42)25-46)54-41(26)33-22-29(45(50)51)14-19-34(33)44(40(41)49)24-27-10-12-28(13-11-27)43-21-7-9-35(53-3)39(43)48/h7,9-19,21-22,26,30,36,38,46H,6,8,20,23-25H2,1-5H3/t26-,30+,36+,38-,41+/m1/s1. The molecule has 14 heteroatoms. The predicted molar refractivity (Wildman–Crippen MR) is 209 cm³/mol. The fourth-order valence-corrected chi connectivity index (χ4v) is 13.2. The first kappa shape index (κ1) is 38.0. The van der Waals surface area contributed by atoms with E-state index in [0.717, 1.165) is 17.2 Å². The number of hydrogen-bond donors (Lipinski definition) is 1. The minimum atomic E-state index is -2.61. The van der Waals surface area contributed by atoms with Crippen molar-refractivity contribution in [1.82, 2.24) is 9.47 Å². The van der Waals surface area contributed by atoms with Gasteiger partial charge < -0.3 is 29.1 Å². The van der Waals surface area contributed by atoms with Gasteiger partial charge in [-0.2, -0.15) is 0 Å². The lowest BCUT2D eigenvalue weighted by Gasteiger charge is -2.37. The van der Waals surface area contributed by atoms with Gasteiger partial charge in [0.15, 0.2) is 11.4 Å². The Morgan fingerprint density at radius 2 is 1.76 bits per heavy atom. The van der Waals surface area contributed by atoms with Gasteiger partial charge in [-0.25, -0.2) is 0 Å². The lowest BCUT2D eigenvalue weighted by molar-refractivity contribution is -0.385. The molecule has 4 aromatic rings. The number of ether oxygens (including phenoxy) is 3. The number of methoxy groups -OCH3 is 2. The molecule has 288 valence electrons. The van der Waals surface area contributed by atoms with Crippen molar-refractivity contribution < 1.29 is 33.8 Å². The third-order valence-corrected chi connectivity index (χ3v) is 16.4. The molecule has 3 aromatic carbocycles. The summed E-state index contributed by atoms with van der Waals surface area (Å²) in [4.78, 5) is 57.2. The number of aliphatic hydroxyl groups excluding tert-OH is 1. The second kappa shape index (κ2) is 14.7. The van der Waals surface area contributed by atoms with Gasteiger partial charge in [-0.3, -0.25) is 29.1 Å². The SMILES string of the molecule is COc1ccc([Si](C)(C)[C@H]2[C@H](CC(=O)N3CCC[C@H]3CO)O[C@@]3(C(=O)N(Cc4ccc(-n5cccc(OC)c5=O)cc4)c4ccc([N+](=O)[O-])cc43)[C@@H]2C)cc1. The number of amides is 2. The van der Waals surface area contributed by atoms with E-state index in [1.807, 2.05) is 43.3 Å². The van der Waals surface area contributed by atoms with Crippen molar-refractivity contribution in [2.45, 2.75) is 69.1 Å². The van der Waals surface area contributed by atoms with Gasteiger partial charge >= 0.3 is 0 Å². The first-order chi connectivity index (χ1) is 26.3. The van der Waals surface area contributed by atoms with Gasteiger partial charge in [-0.05, 0) is 66.4 Å². The molecule has 2 saturated heterocycles. The second-order valence-electron chi connectivity index (χ2n) is 15.2. The van der Waals surface area contributed by atoms with E-state index in [0.29, 0.717) is 35.7 Å². The quantitative estimate of drug-likeness (QED) is 0.128. The predicted octanol–water partition coefficient (Wildman–Crippen LogP) is 4.90. The van der Waals surface area contributed by atoms with Crippen LogP contribution in [0.3, 0.4) is 0 Å². The summed E-state index contributed by atoms with van der Waals surface area (Å²) < 4.78 is 19.2. The number of non-ortho nitro benzene ring substituents is 1. The molecular weight excluding hydrogens is 721 g/mol. The van der Waals surface area contributed by atoms with Gasteiger partial charge in [0, 0.05) is 42.0 Å². The summed E-state index contributed by atoms with van der Waals surface area (Å²) >= 11 is 0. The smallest absolute Gasteiger partial charge is 0.297 e. The summed E-state index contributed by atoms with van der Waals surface area (Å²) in [6.07, 6.45) is 2.47. The Labute approximate surface area is 320 Å². The molecule has 0 unspecified atom stereocenters. The fraction of sp³-hybridized carbons (Fsp3) is 0.390. The molecule has 0 radical (unpaired) electrons. The molecule has 2 amide bonds. The van der Waals surface area contributed by atoms with E-state index in [4.69, 9.17) is 14.2 Å². The van der Waals surface area contributed by atoms with Gasteiger partial charge in [0.1, 0.15) is 5.75 Å². The number of carbonyl (C=O) groups is 2. The Hall–Kier alpha value is -5.31. The summed E-state index contributed by atoms with van der Waals surface area (Å²) in [5.74, 6) is -0.0597. The van der Waals surface area contributed by atoms with Crippen LogP contribution < -0.4 is 25.1 Å². The molecule has 4 heterocycles. The molecule has 1 N–H and O–H groups in total. The van der Waals surface area contributed by atoms with Crippen LogP contribution in [0.5, 0.6) is 11.5 Å². The summed E-state index contributed by atoms with van der Waals surface area (Å²) in [5.41, 5.74) is -0.0549. The minimum absolute atomic E-state index is 0.00246. The van der Waals surface area contributed by atoms with Crippen LogP contribution in [-0.2, 0) is 26.5 Å². The van der Waals surface area contributed by atoms with E-state index >= 15 is 4.79 Å². The average molecular weight is 767 g/mol. The molecular formula is C41H46N4O9Si. The van der Waals surface area contributed by atoms with Crippen LogP contribution >= 0.6 is 0 Å². The van der Waals surface area contributed by atoms with Crippen LogP contribution in [0.25, 0.3) is 5.69 Å². The number of nitro groups is 1. The number of fused-ring (bicyclic) bond motifs is 2. The topological polar surface area (TPSA) is 154 Å². The van der Waals surface area contributed by atoms with Crippen molar-refractivity contribution in [2.75, 3.05) is 32.3 Å². The van der Waals surface area contributed by atoms with Crippen molar-refractivity contribution in [3.63, 3.8) is 0 Å². The van der Waals surface area contributed by atoms with E-state index in [2.05, 4.69) is 13.1 Å². The number of pyridine rings is 1. The number of nitro benzene ring substituents is 1. The number of rotatable bonds is 11. The van der Waals surface area contributed by atoms with Crippen molar-refractivity contribution >= 4 is 36.4 Å². The van der Waals surface area contributed by atoms with Crippen LogP contribution in [-0.4, -0.2) is 78.9 Å². The maximum absolute atomic E-state index is 15.2. The van der Waals surface area contributed by atoms with E-state index < -0.39 is 30.6 Å². The van der Waals surface area contributed by atoms with E-state index in [1.54, 1.807) is 53.4 Å². The Morgan fingerprint density at radius 1 is 1.04 bits per heavy atom. The molecule has 5 atom stereocenters. The number of anilines is 1. The largest absolute Gasteiger partial charge is 0.497 e. The van der Waals surface area contributed by atoms with Gasteiger partial charge in [0.2, 0.25) is 5.91 Å². The molecule has 1 spiro atoms. The normalized spacial score (nSPS) is 23.3. The number of likely N-dealkylation sites (tertiary alicyclic amines) is 1. The molecule has 2 fully saturated rings. The highest BCUT2D eigenvalue weighted by Gasteiger charge is 2.67. The molecule has 13 nitrogen and oxygen atoms in total. The van der Waals surface area contributed by atoms with E-state index in [9.17, 15) is 24.8 Å². The molecule has 55 heavy (non-hydrogen) atoms. The monoisotopic (exact) mass is 766 g/mol. The molecule has 3 aliphatic rings. The highest BCUT2D eigenvalue weighted by atomic mass is 28.3. The number of carbonyl (C=O) groups excluding carboxylic acids is 2. The minimum Gasteiger partial charge on any atom is -0.497 e. The summed E-state index contributed by atoms with van der Waals surface area (Å²) in [6, 6.07) is 22.6. The van der Waals surface area contributed by atoms with Crippen LogP contribution in [0.1, 0.15) is 37.3 Å². The number of benzene rings is 3. The molecule has 1 aromatic heterocycles. The zero-order valence-corrected chi connectivity index (χ0v) is 32.6. The highest BCUT2D eigenvalue weighted by Crippen LogP contribution is 2.60. The van der Waals surface area contributed by atoms with Crippen LogP contribution in [0, 0.1) is 16.0 Å². The number of hydrogen-bond acceptors (Lipinski definition) is 9. The number of aliphatic hydroxyl groups is 1. The number of nitrogens with zero attached hydrogens (tertiary/aromatic N) is 4. The Morgan fingerprint density at radius 3 is 2.42 bits per heavy atom. The van der Waals surface area contributed by atoms with Crippen molar-refractivity contribution in [1.29, 1.82) is 0 Å². The lowest BCUT2D eigenvalue weighted by atomic mass is 9.82. The molecule has 0 bridgehead atoms. The summed E-state index contributed by atoms with van der Waals surface area (Å²) in [6.45, 7) is 6.94. The van der Waals surface area contributed by atoms with Crippen molar-refractivity contribution in [2.24, 2.45) is 5.92 Å². The Bertz CT molecular complexity index is 2170. The van der Waals surface area contributed by atoms with Gasteiger partial charge in [0.25, 0.3) is 17.2 Å². The highest BCUT2D eigenvalue weighted by molar-refractivity contribution is 6.91. The van der Waals surface area contributed by atoms with Crippen LogP contribution in [0.15, 0.2) is 89.9 Å². The first-order valence-electron chi connectivity index (χ1n) is 18.5. The first-order valence-corrected chi connectivity index (χ1v) is 21.6. The van der Waals surface area contributed by atoms with Crippen molar-refractivity contribution in [3.05, 3.63) is 117 Å². The van der Waals surface area contributed by atoms with Crippen molar-refractivity contribution in [3.8, 4) is 17.2 Å². The third kappa shape index (κ3) is 6.41. The van der Waals surface area contributed by atoms with Gasteiger partial charge in [-0.15, -0.1) is 0 Å². The summed E-state index contributed by atoms with van der Waals surface area (Å²) in [7, 11) is 0.442. The summed E-state index contributed by atoms with van der Waals surface area (Å²) in [5, 5.41) is 23.3. The molecule has 0 aliphatic carbocycles. The average Bonchev–Trinajstić information content (AvgIpc) is 3.85. The molecule has 7 rings (SSSR count). The van der Waals surface area contributed by atoms with Gasteiger partial charge in [-0.1, -0.05) is 49.5 Å². The third-order valence-electron chi connectivity index (χ3n) is 12.0. The lowest BCUT2D eigenvalue weighted by Crippen LogP contribution is -2.52. The molecule has 0 saturated carbocycles. The Kier molecular flexibility index (Phi) is 10.2. The fourth-order valence-electron chi connectivity index (χ4n) is 9.19.